The number of aryl methyl sites for hydroxylation is 1. The Morgan fingerprint density at radius 3 is 2.48 bits per heavy atom. The van der Waals surface area contributed by atoms with Crippen molar-refractivity contribution in [3.8, 4) is 0 Å². The fourth-order valence-electron chi connectivity index (χ4n) is 2.70. The van der Waals surface area contributed by atoms with Crippen LogP contribution in [0.5, 0.6) is 0 Å². The minimum Gasteiger partial charge on any atom is -0.356 e. The van der Waals surface area contributed by atoms with Crippen molar-refractivity contribution < 1.29 is 21.6 Å². The SMILES string of the molecule is CN=C(NCCc1cnn(C)c1)NC1CCN(S(=O)(=O)C(F)(F)F)CC1.I. The van der Waals surface area contributed by atoms with Gasteiger partial charge in [0.1, 0.15) is 0 Å². The van der Waals surface area contributed by atoms with Crippen LogP contribution in [0.4, 0.5) is 13.2 Å². The van der Waals surface area contributed by atoms with E-state index in [0.717, 1.165) is 12.0 Å². The summed E-state index contributed by atoms with van der Waals surface area (Å²) in [6.45, 7) is 0.269. The molecule has 0 bridgehead atoms. The Labute approximate surface area is 173 Å². The van der Waals surface area contributed by atoms with E-state index >= 15 is 0 Å². The van der Waals surface area contributed by atoms with Gasteiger partial charge in [-0.25, -0.2) is 8.42 Å². The summed E-state index contributed by atoms with van der Waals surface area (Å²) in [5, 5.41) is 10.3. The fraction of sp³-hybridized carbons (Fsp3) is 0.714. The monoisotopic (exact) mass is 524 g/mol. The van der Waals surface area contributed by atoms with Gasteiger partial charge in [0.15, 0.2) is 5.96 Å². The molecule has 27 heavy (non-hydrogen) atoms. The summed E-state index contributed by atoms with van der Waals surface area (Å²) in [4.78, 5) is 4.09. The quantitative estimate of drug-likeness (QED) is 0.342. The zero-order chi connectivity index (χ0) is 19.4. The van der Waals surface area contributed by atoms with E-state index in [1.807, 2.05) is 13.2 Å². The van der Waals surface area contributed by atoms with E-state index in [1.165, 1.54) is 0 Å². The Kier molecular flexibility index (Phi) is 8.79. The molecule has 13 heteroatoms. The molecule has 1 aromatic rings. The van der Waals surface area contributed by atoms with Gasteiger partial charge in [-0.15, -0.1) is 24.0 Å². The molecule has 0 radical (unpaired) electrons. The first-order valence-corrected chi connectivity index (χ1v) is 9.58. The molecule has 0 atom stereocenters. The average Bonchev–Trinajstić information content (AvgIpc) is 2.98. The molecule has 1 aromatic heterocycles. The molecule has 1 aliphatic rings. The van der Waals surface area contributed by atoms with Crippen LogP contribution in [0.15, 0.2) is 17.4 Å². The molecule has 1 aliphatic heterocycles. The topological polar surface area (TPSA) is 91.6 Å². The highest BCUT2D eigenvalue weighted by atomic mass is 127. The minimum atomic E-state index is -5.25. The summed E-state index contributed by atoms with van der Waals surface area (Å²) >= 11 is 0. The zero-order valence-corrected chi connectivity index (χ0v) is 18.2. The van der Waals surface area contributed by atoms with E-state index in [0.29, 0.717) is 16.8 Å². The summed E-state index contributed by atoms with van der Waals surface area (Å²) in [5.74, 6) is 0.533. The molecule has 8 nitrogen and oxygen atoms in total. The Morgan fingerprint density at radius 2 is 2.00 bits per heavy atom. The molecule has 0 saturated carbocycles. The van der Waals surface area contributed by atoms with E-state index in [2.05, 4.69) is 20.7 Å². The van der Waals surface area contributed by atoms with E-state index in [9.17, 15) is 21.6 Å². The highest BCUT2D eigenvalue weighted by Gasteiger charge is 2.50. The van der Waals surface area contributed by atoms with Gasteiger partial charge in [0.05, 0.1) is 6.20 Å². The maximum Gasteiger partial charge on any atom is 0.511 e. The molecular formula is C14H24F3IN6O2S. The van der Waals surface area contributed by atoms with Crippen molar-refractivity contribution in [3.63, 3.8) is 0 Å². The highest BCUT2D eigenvalue weighted by molar-refractivity contribution is 14.0. The van der Waals surface area contributed by atoms with Gasteiger partial charge in [-0.05, 0) is 24.8 Å². The molecule has 0 aliphatic carbocycles. The number of rotatable bonds is 5. The van der Waals surface area contributed by atoms with Crippen LogP contribution in [0.1, 0.15) is 18.4 Å². The molecule has 0 aromatic carbocycles. The Bertz CT molecular complexity index is 729. The number of hydrogen-bond donors (Lipinski definition) is 2. The second-order valence-electron chi connectivity index (χ2n) is 6.04. The van der Waals surface area contributed by atoms with Crippen molar-refractivity contribution >= 4 is 40.0 Å². The molecule has 0 amide bonds. The number of guanidine groups is 1. The smallest absolute Gasteiger partial charge is 0.356 e. The van der Waals surface area contributed by atoms with Crippen LogP contribution in [0.25, 0.3) is 0 Å². The largest absolute Gasteiger partial charge is 0.511 e. The van der Waals surface area contributed by atoms with Gasteiger partial charge in [0.2, 0.25) is 0 Å². The number of halogens is 4. The number of nitrogens with zero attached hydrogens (tertiary/aromatic N) is 4. The van der Waals surface area contributed by atoms with E-state index in [4.69, 9.17) is 0 Å². The molecule has 1 fully saturated rings. The molecule has 2 heterocycles. The predicted octanol–water partition coefficient (Wildman–Crippen LogP) is 1.06. The Balaban J connectivity index is 0.00000364. The summed E-state index contributed by atoms with van der Waals surface area (Å²) in [7, 11) is -1.81. The lowest BCUT2D eigenvalue weighted by Crippen LogP contribution is -2.51. The van der Waals surface area contributed by atoms with Crippen molar-refractivity contribution in [3.05, 3.63) is 18.0 Å². The minimum absolute atomic E-state index is 0. The van der Waals surface area contributed by atoms with E-state index in [1.54, 1.807) is 17.9 Å². The Hall–Kier alpha value is -1.09. The third-order valence-electron chi connectivity index (χ3n) is 4.12. The van der Waals surface area contributed by atoms with Crippen LogP contribution in [0, 0.1) is 0 Å². The maximum atomic E-state index is 12.6. The van der Waals surface area contributed by atoms with Crippen molar-refractivity contribution in [2.75, 3.05) is 26.7 Å². The number of alkyl halides is 3. The molecule has 2 N–H and O–H groups in total. The van der Waals surface area contributed by atoms with Gasteiger partial charge in [-0.2, -0.15) is 22.6 Å². The number of piperidine rings is 1. The summed E-state index contributed by atoms with van der Waals surface area (Å²) in [6.07, 6.45) is 4.98. The van der Waals surface area contributed by atoms with Crippen molar-refractivity contribution in [2.24, 2.45) is 12.0 Å². The van der Waals surface area contributed by atoms with Crippen LogP contribution in [-0.2, 0) is 23.5 Å². The number of aliphatic imine (C=N–C) groups is 1. The lowest BCUT2D eigenvalue weighted by Gasteiger charge is -2.32. The van der Waals surface area contributed by atoms with Crippen LogP contribution in [-0.4, -0.2) is 66.7 Å². The van der Waals surface area contributed by atoms with Crippen LogP contribution in [0.2, 0.25) is 0 Å². The first kappa shape index (κ1) is 23.9. The van der Waals surface area contributed by atoms with E-state index < -0.39 is 15.5 Å². The molecule has 1 saturated heterocycles. The lowest BCUT2D eigenvalue weighted by atomic mass is 10.1. The molecule has 2 rings (SSSR count). The summed E-state index contributed by atoms with van der Waals surface area (Å²) < 4.78 is 62.8. The summed E-state index contributed by atoms with van der Waals surface area (Å²) in [6, 6.07) is -0.140. The lowest BCUT2D eigenvalue weighted by molar-refractivity contribution is -0.0494. The van der Waals surface area contributed by atoms with Crippen molar-refractivity contribution in [1.29, 1.82) is 0 Å². The van der Waals surface area contributed by atoms with Gasteiger partial charge in [0.25, 0.3) is 0 Å². The first-order chi connectivity index (χ1) is 12.1. The van der Waals surface area contributed by atoms with Crippen LogP contribution >= 0.6 is 24.0 Å². The number of nitrogens with one attached hydrogen (secondary N) is 2. The second-order valence-corrected chi connectivity index (χ2v) is 7.97. The van der Waals surface area contributed by atoms with E-state index in [-0.39, 0.29) is 55.9 Å². The maximum absolute atomic E-state index is 12.6. The van der Waals surface area contributed by atoms with Gasteiger partial charge >= 0.3 is 15.5 Å². The van der Waals surface area contributed by atoms with Gasteiger partial charge in [-0.1, -0.05) is 0 Å². The third kappa shape index (κ3) is 6.48. The Morgan fingerprint density at radius 1 is 1.37 bits per heavy atom. The normalized spacial score (nSPS) is 17.4. The number of aromatic nitrogens is 2. The van der Waals surface area contributed by atoms with Gasteiger partial charge in [0, 0.05) is 46.0 Å². The highest BCUT2D eigenvalue weighted by Crippen LogP contribution is 2.28. The van der Waals surface area contributed by atoms with Gasteiger partial charge < -0.3 is 10.6 Å². The number of hydrogen-bond acceptors (Lipinski definition) is 4. The zero-order valence-electron chi connectivity index (χ0n) is 15.0. The predicted molar refractivity (Wildman–Crippen MR) is 106 cm³/mol. The molecule has 156 valence electrons. The second kappa shape index (κ2) is 9.91. The molecule has 0 unspecified atom stereocenters. The average molecular weight is 524 g/mol. The third-order valence-corrected chi connectivity index (χ3v) is 5.75. The van der Waals surface area contributed by atoms with Crippen LogP contribution in [0.3, 0.4) is 0 Å². The summed E-state index contributed by atoms with van der Waals surface area (Å²) in [5.41, 5.74) is -4.18. The van der Waals surface area contributed by atoms with Gasteiger partial charge in [-0.3, -0.25) is 9.67 Å². The van der Waals surface area contributed by atoms with Crippen molar-refractivity contribution in [1.82, 2.24) is 24.7 Å². The number of sulfonamides is 1. The molecular weight excluding hydrogens is 500 g/mol. The first-order valence-electron chi connectivity index (χ1n) is 8.14. The standard InChI is InChI=1S/C14H23F3N6O2S.HI/c1-18-13(19-6-3-11-9-20-22(2)10-11)21-12-4-7-23(8-5-12)26(24,25)14(15,16)17;/h9-10,12H,3-8H2,1-2H3,(H2,18,19,21);1H. The molecule has 0 spiro atoms. The van der Waals surface area contributed by atoms with Crippen molar-refractivity contribution in [2.45, 2.75) is 30.8 Å². The fourth-order valence-corrected chi connectivity index (χ4v) is 3.69. The van der Waals surface area contributed by atoms with Crippen LogP contribution < -0.4 is 10.6 Å².